The van der Waals surface area contributed by atoms with Crippen LogP contribution in [0, 0.1) is 6.92 Å². The first-order valence-corrected chi connectivity index (χ1v) is 9.69. The summed E-state index contributed by atoms with van der Waals surface area (Å²) in [7, 11) is 0. The first-order valence-electron chi connectivity index (χ1n) is 9.31. The standard InChI is InChI=1S/C22H27ClN2O/c1-4-24(5-2)13-14-26-22-17(3)25(16-18-9-7-6-8-10-18)21-12-11-19(23)15-20(21)22/h6-12,15H,4-5,13-14,16H2,1-3H3. The molecule has 0 radical (unpaired) electrons. The van der Waals surface area contributed by atoms with Crippen LogP contribution in [0.5, 0.6) is 5.75 Å². The summed E-state index contributed by atoms with van der Waals surface area (Å²) in [5, 5.41) is 1.83. The fourth-order valence-corrected chi connectivity index (χ4v) is 3.56. The maximum atomic E-state index is 6.27. The van der Waals surface area contributed by atoms with E-state index in [0.29, 0.717) is 6.61 Å². The molecule has 0 aliphatic rings. The molecular formula is C22H27ClN2O. The Kier molecular flexibility index (Phi) is 6.23. The fraction of sp³-hybridized carbons (Fsp3) is 0.364. The minimum absolute atomic E-state index is 0.680. The number of nitrogens with zero attached hydrogens (tertiary/aromatic N) is 2. The number of hydrogen-bond donors (Lipinski definition) is 0. The molecule has 3 rings (SSSR count). The predicted octanol–water partition coefficient (Wildman–Crippen LogP) is 5.37. The van der Waals surface area contributed by atoms with Crippen LogP contribution >= 0.6 is 11.6 Å². The molecule has 4 heteroatoms. The summed E-state index contributed by atoms with van der Waals surface area (Å²) in [5.74, 6) is 0.950. The molecule has 0 N–H and O–H groups in total. The Labute approximate surface area is 161 Å². The normalized spacial score (nSPS) is 11.4. The molecule has 0 amide bonds. The van der Waals surface area contributed by atoms with E-state index in [-0.39, 0.29) is 0 Å². The van der Waals surface area contributed by atoms with Gasteiger partial charge in [0.1, 0.15) is 12.4 Å². The number of ether oxygens (including phenoxy) is 1. The van der Waals surface area contributed by atoms with E-state index in [1.165, 1.54) is 5.56 Å². The quantitative estimate of drug-likeness (QED) is 0.530. The Balaban J connectivity index is 1.92. The average Bonchev–Trinajstić information content (AvgIpc) is 2.91. The van der Waals surface area contributed by atoms with Crippen LogP contribution in [-0.2, 0) is 6.54 Å². The third kappa shape index (κ3) is 4.05. The zero-order valence-corrected chi connectivity index (χ0v) is 16.6. The van der Waals surface area contributed by atoms with Gasteiger partial charge in [-0.1, -0.05) is 55.8 Å². The number of hydrogen-bond acceptors (Lipinski definition) is 2. The highest BCUT2D eigenvalue weighted by atomic mass is 35.5. The number of benzene rings is 2. The maximum Gasteiger partial charge on any atom is 0.147 e. The lowest BCUT2D eigenvalue weighted by Gasteiger charge is -2.18. The molecule has 0 aliphatic carbocycles. The third-order valence-electron chi connectivity index (χ3n) is 4.96. The highest BCUT2D eigenvalue weighted by molar-refractivity contribution is 6.31. The lowest BCUT2D eigenvalue weighted by Crippen LogP contribution is -2.28. The molecule has 0 fully saturated rings. The summed E-state index contributed by atoms with van der Waals surface area (Å²) in [6.45, 7) is 11.0. The van der Waals surface area contributed by atoms with E-state index in [2.05, 4.69) is 60.6 Å². The van der Waals surface area contributed by atoms with E-state index in [1.54, 1.807) is 0 Å². The zero-order valence-electron chi connectivity index (χ0n) is 15.8. The van der Waals surface area contributed by atoms with Crippen molar-refractivity contribution in [2.24, 2.45) is 0 Å². The van der Waals surface area contributed by atoms with Gasteiger partial charge in [0, 0.05) is 23.5 Å². The smallest absolute Gasteiger partial charge is 0.147 e. The Morgan fingerprint density at radius 3 is 2.46 bits per heavy atom. The Hall–Kier alpha value is -1.97. The zero-order chi connectivity index (χ0) is 18.5. The van der Waals surface area contributed by atoms with E-state index >= 15 is 0 Å². The van der Waals surface area contributed by atoms with Crippen LogP contribution in [0.15, 0.2) is 48.5 Å². The highest BCUT2D eigenvalue weighted by Crippen LogP contribution is 2.35. The molecule has 138 valence electrons. The molecule has 2 aromatic carbocycles. The molecule has 26 heavy (non-hydrogen) atoms. The second-order valence-electron chi connectivity index (χ2n) is 6.52. The van der Waals surface area contributed by atoms with Crippen molar-refractivity contribution in [2.75, 3.05) is 26.2 Å². The van der Waals surface area contributed by atoms with Gasteiger partial charge in [0.15, 0.2) is 0 Å². The van der Waals surface area contributed by atoms with Crippen molar-refractivity contribution in [3.05, 3.63) is 64.8 Å². The van der Waals surface area contributed by atoms with E-state index in [0.717, 1.165) is 53.5 Å². The lowest BCUT2D eigenvalue weighted by atomic mass is 10.2. The lowest BCUT2D eigenvalue weighted by molar-refractivity contribution is 0.223. The molecular weight excluding hydrogens is 344 g/mol. The van der Waals surface area contributed by atoms with Gasteiger partial charge in [-0.05, 0) is 43.8 Å². The van der Waals surface area contributed by atoms with Crippen LogP contribution in [0.3, 0.4) is 0 Å². The van der Waals surface area contributed by atoms with Crippen molar-refractivity contribution in [1.82, 2.24) is 9.47 Å². The van der Waals surface area contributed by atoms with Crippen molar-refractivity contribution in [3.8, 4) is 5.75 Å². The molecule has 0 saturated carbocycles. The van der Waals surface area contributed by atoms with Gasteiger partial charge in [-0.25, -0.2) is 0 Å². The van der Waals surface area contributed by atoms with Gasteiger partial charge in [-0.2, -0.15) is 0 Å². The Morgan fingerprint density at radius 2 is 1.77 bits per heavy atom. The first-order chi connectivity index (χ1) is 12.6. The topological polar surface area (TPSA) is 17.4 Å². The molecule has 0 bridgehead atoms. The summed E-state index contributed by atoms with van der Waals surface area (Å²) >= 11 is 6.27. The molecule has 3 aromatic rings. The molecule has 0 atom stereocenters. The van der Waals surface area contributed by atoms with E-state index in [1.807, 2.05) is 18.2 Å². The number of rotatable bonds is 8. The van der Waals surface area contributed by atoms with Crippen molar-refractivity contribution >= 4 is 22.5 Å². The van der Waals surface area contributed by atoms with E-state index in [4.69, 9.17) is 16.3 Å². The molecule has 1 aromatic heterocycles. The van der Waals surface area contributed by atoms with Gasteiger partial charge in [-0.15, -0.1) is 0 Å². The number of likely N-dealkylation sites (N-methyl/N-ethyl adjacent to an activating group) is 1. The third-order valence-corrected chi connectivity index (χ3v) is 5.19. The second-order valence-corrected chi connectivity index (χ2v) is 6.96. The molecule has 0 saturated heterocycles. The van der Waals surface area contributed by atoms with Gasteiger partial charge in [-0.3, -0.25) is 0 Å². The van der Waals surface area contributed by atoms with Gasteiger partial charge < -0.3 is 14.2 Å². The molecule has 3 nitrogen and oxygen atoms in total. The molecule has 0 spiro atoms. The Bertz CT molecular complexity index is 853. The molecule has 0 aliphatic heterocycles. The van der Waals surface area contributed by atoms with Crippen molar-refractivity contribution in [2.45, 2.75) is 27.3 Å². The molecule has 1 heterocycles. The van der Waals surface area contributed by atoms with Crippen LogP contribution < -0.4 is 4.74 Å². The fourth-order valence-electron chi connectivity index (χ4n) is 3.39. The minimum atomic E-state index is 0.680. The maximum absolute atomic E-state index is 6.27. The van der Waals surface area contributed by atoms with Crippen LogP contribution in [0.25, 0.3) is 10.9 Å². The van der Waals surface area contributed by atoms with Crippen LogP contribution in [0.1, 0.15) is 25.1 Å². The summed E-state index contributed by atoms with van der Waals surface area (Å²) < 4.78 is 8.55. The summed E-state index contributed by atoms with van der Waals surface area (Å²) in [6, 6.07) is 16.6. The van der Waals surface area contributed by atoms with E-state index in [9.17, 15) is 0 Å². The predicted molar refractivity (Wildman–Crippen MR) is 111 cm³/mol. The summed E-state index contributed by atoms with van der Waals surface area (Å²) in [5.41, 5.74) is 3.58. The van der Waals surface area contributed by atoms with Crippen molar-refractivity contribution in [3.63, 3.8) is 0 Å². The monoisotopic (exact) mass is 370 g/mol. The summed E-state index contributed by atoms with van der Waals surface area (Å²) in [4.78, 5) is 2.37. The van der Waals surface area contributed by atoms with Crippen LogP contribution in [-0.4, -0.2) is 35.7 Å². The van der Waals surface area contributed by atoms with Gasteiger partial charge in [0.25, 0.3) is 0 Å². The van der Waals surface area contributed by atoms with Gasteiger partial charge in [0.05, 0.1) is 11.2 Å². The Morgan fingerprint density at radius 1 is 1.04 bits per heavy atom. The second kappa shape index (κ2) is 8.61. The van der Waals surface area contributed by atoms with Crippen LogP contribution in [0.2, 0.25) is 5.02 Å². The number of fused-ring (bicyclic) bond motifs is 1. The van der Waals surface area contributed by atoms with Crippen molar-refractivity contribution < 1.29 is 4.74 Å². The molecule has 0 unspecified atom stereocenters. The SMILES string of the molecule is CCN(CC)CCOc1c(C)n(Cc2ccccc2)c2ccc(Cl)cc12. The minimum Gasteiger partial charge on any atom is -0.490 e. The largest absolute Gasteiger partial charge is 0.490 e. The highest BCUT2D eigenvalue weighted by Gasteiger charge is 2.16. The van der Waals surface area contributed by atoms with E-state index < -0.39 is 0 Å². The van der Waals surface area contributed by atoms with Gasteiger partial charge >= 0.3 is 0 Å². The van der Waals surface area contributed by atoms with Crippen molar-refractivity contribution in [1.29, 1.82) is 0 Å². The number of halogens is 1. The summed E-state index contributed by atoms with van der Waals surface area (Å²) in [6.07, 6.45) is 0. The van der Waals surface area contributed by atoms with Gasteiger partial charge in [0.2, 0.25) is 0 Å². The van der Waals surface area contributed by atoms with Crippen LogP contribution in [0.4, 0.5) is 0 Å². The number of aromatic nitrogens is 1. The average molecular weight is 371 g/mol. The first kappa shape index (κ1) is 18.8.